The smallest absolute Gasteiger partial charge is 0.244 e. The Morgan fingerprint density at radius 1 is 1.09 bits per heavy atom. The second-order valence-corrected chi connectivity index (χ2v) is 12.4. The highest BCUT2D eigenvalue weighted by Crippen LogP contribution is 2.40. The van der Waals surface area contributed by atoms with Crippen LogP contribution in [-0.2, 0) is 19.6 Å². The van der Waals surface area contributed by atoms with Gasteiger partial charge in [0.15, 0.2) is 0 Å². The topological polar surface area (TPSA) is 86.8 Å². The number of aryl methyl sites for hydroxylation is 2. The van der Waals surface area contributed by atoms with Crippen LogP contribution in [0, 0.1) is 13.8 Å². The van der Waals surface area contributed by atoms with Crippen LogP contribution in [0.1, 0.15) is 43.7 Å². The number of anilines is 2. The highest BCUT2D eigenvalue weighted by molar-refractivity contribution is 8.00. The minimum absolute atomic E-state index is 0.0162. The lowest BCUT2D eigenvalue weighted by Crippen LogP contribution is -2.39. The van der Waals surface area contributed by atoms with Crippen LogP contribution in [0.4, 0.5) is 11.4 Å². The van der Waals surface area contributed by atoms with Crippen molar-refractivity contribution in [2.45, 2.75) is 61.5 Å². The molecule has 7 nitrogen and oxygen atoms in total. The summed E-state index contributed by atoms with van der Waals surface area (Å²) in [6.07, 6.45) is 2.99. The normalized spacial score (nSPS) is 19.4. The molecule has 1 unspecified atom stereocenters. The van der Waals surface area contributed by atoms with E-state index in [9.17, 15) is 18.0 Å². The summed E-state index contributed by atoms with van der Waals surface area (Å²) in [7, 11) is -3.66. The molecule has 0 aromatic heterocycles. The van der Waals surface area contributed by atoms with Gasteiger partial charge in [-0.25, -0.2) is 8.42 Å². The Hall–Kier alpha value is -2.36. The molecule has 1 fully saturated rings. The van der Waals surface area contributed by atoms with E-state index in [4.69, 9.17) is 0 Å². The highest BCUT2D eigenvalue weighted by atomic mass is 32.2. The lowest BCUT2D eigenvalue weighted by molar-refractivity contribution is -0.121. The van der Waals surface area contributed by atoms with Crippen molar-refractivity contribution < 1.29 is 18.0 Å². The number of rotatable bonds is 5. The summed E-state index contributed by atoms with van der Waals surface area (Å²) >= 11 is 1.53. The van der Waals surface area contributed by atoms with Gasteiger partial charge in [-0.2, -0.15) is 4.31 Å². The molecule has 2 heterocycles. The first-order chi connectivity index (χ1) is 16.2. The summed E-state index contributed by atoms with van der Waals surface area (Å²) in [5, 5.41) is 2.96. The van der Waals surface area contributed by atoms with Gasteiger partial charge in [0.25, 0.3) is 0 Å². The van der Waals surface area contributed by atoms with Gasteiger partial charge in [0, 0.05) is 35.3 Å². The van der Waals surface area contributed by atoms with E-state index < -0.39 is 10.0 Å². The summed E-state index contributed by atoms with van der Waals surface area (Å²) in [4.78, 5) is 28.6. The fourth-order valence-electron chi connectivity index (χ4n) is 4.48. The number of thioether (sulfide) groups is 1. The van der Waals surface area contributed by atoms with Crippen molar-refractivity contribution in [3.8, 4) is 0 Å². The standard InChI is InChI=1S/C25H31N3O4S2/c1-17-8-7-9-18(2)25(17)26-23(29)16-28-21-15-20(34(31,32)27-12-5-4-6-13-27)10-11-22(21)33-19(3)14-24(28)30/h7-11,15,19H,4-6,12-14,16H2,1-3H3,(H,26,29). The molecule has 0 saturated carbocycles. The number of carbonyl (C=O) groups excluding carboxylic acids is 2. The maximum absolute atomic E-state index is 13.3. The van der Waals surface area contributed by atoms with Crippen LogP contribution in [0.3, 0.4) is 0 Å². The molecule has 182 valence electrons. The van der Waals surface area contributed by atoms with Crippen molar-refractivity contribution in [1.82, 2.24) is 4.31 Å². The number of para-hydroxylation sites is 1. The van der Waals surface area contributed by atoms with Crippen LogP contribution in [0.15, 0.2) is 46.2 Å². The van der Waals surface area contributed by atoms with Crippen molar-refractivity contribution in [1.29, 1.82) is 0 Å². The molecule has 4 rings (SSSR count). The van der Waals surface area contributed by atoms with Crippen LogP contribution < -0.4 is 10.2 Å². The largest absolute Gasteiger partial charge is 0.324 e. The zero-order valence-electron chi connectivity index (χ0n) is 19.8. The quantitative estimate of drug-likeness (QED) is 0.659. The van der Waals surface area contributed by atoms with Gasteiger partial charge in [-0.15, -0.1) is 11.8 Å². The summed E-state index contributed by atoms with van der Waals surface area (Å²) in [6, 6.07) is 10.7. The van der Waals surface area contributed by atoms with Crippen molar-refractivity contribution in [3.63, 3.8) is 0 Å². The average molecular weight is 502 g/mol. The van der Waals surface area contributed by atoms with Crippen LogP contribution in [-0.4, -0.2) is 49.4 Å². The zero-order valence-corrected chi connectivity index (χ0v) is 21.5. The Morgan fingerprint density at radius 2 is 1.76 bits per heavy atom. The van der Waals surface area contributed by atoms with Gasteiger partial charge in [-0.3, -0.25) is 9.59 Å². The van der Waals surface area contributed by atoms with E-state index in [-0.39, 0.29) is 34.9 Å². The SMILES string of the molecule is Cc1cccc(C)c1NC(=O)CN1C(=O)CC(C)Sc2ccc(S(=O)(=O)N3CCCCC3)cc21. The fourth-order valence-corrected chi connectivity index (χ4v) is 7.11. The molecular weight excluding hydrogens is 470 g/mol. The van der Waals surface area contributed by atoms with Gasteiger partial charge in [0.05, 0.1) is 10.6 Å². The van der Waals surface area contributed by atoms with Crippen molar-refractivity contribution in [3.05, 3.63) is 47.5 Å². The molecule has 2 aromatic rings. The number of hydrogen-bond donors (Lipinski definition) is 1. The molecule has 2 aromatic carbocycles. The van der Waals surface area contributed by atoms with Crippen LogP contribution in [0.25, 0.3) is 0 Å². The predicted molar refractivity (Wildman–Crippen MR) is 136 cm³/mol. The number of sulfonamides is 1. The lowest BCUT2D eigenvalue weighted by Gasteiger charge is -2.27. The summed E-state index contributed by atoms with van der Waals surface area (Å²) in [6.45, 7) is 6.64. The summed E-state index contributed by atoms with van der Waals surface area (Å²) in [5.41, 5.74) is 3.10. The molecule has 0 radical (unpaired) electrons. The number of hydrogen-bond acceptors (Lipinski definition) is 5. The molecule has 9 heteroatoms. The minimum atomic E-state index is -3.66. The van der Waals surface area contributed by atoms with Gasteiger partial charge in [0.2, 0.25) is 21.8 Å². The maximum atomic E-state index is 13.3. The summed E-state index contributed by atoms with van der Waals surface area (Å²) < 4.78 is 28.1. The van der Waals surface area contributed by atoms with E-state index in [0.717, 1.165) is 41.0 Å². The molecule has 34 heavy (non-hydrogen) atoms. The summed E-state index contributed by atoms with van der Waals surface area (Å²) in [5.74, 6) is -0.511. The number of amides is 2. The van der Waals surface area contributed by atoms with E-state index in [0.29, 0.717) is 18.8 Å². The third-order valence-electron chi connectivity index (χ3n) is 6.31. The second-order valence-electron chi connectivity index (χ2n) is 9.02. The van der Waals surface area contributed by atoms with Gasteiger partial charge >= 0.3 is 0 Å². The first-order valence-corrected chi connectivity index (χ1v) is 14.0. The Kier molecular flexibility index (Phi) is 7.35. The Labute approximate surface area is 205 Å². The lowest BCUT2D eigenvalue weighted by atomic mass is 10.1. The van der Waals surface area contributed by atoms with E-state index in [1.54, 1.807) is 18.2 Å². The van der Waals surface area contributed by atoms with Gasteiger partial charge in [-0.05, 0) is 56.0 Å². The molecule has 2 aliphatic heterocycles. The third kappa shape index (κ3) is 5.16. The predicted octanol–water partition coefficient (Wildman–Crippen LogP) is 4.33. The Morgan fingerprint density at radius 3 is 2.44 bits per heavy atom. The van der Waals surface area contributed by atoms with E-state index in [1.165, 1.54) is 21.0 Å². The van der Waals surface area contributed by atoms with Crippen LogP contribution in [0.2, 0.25) is 0 Å². The number of carbonyl (C=O) groups is 2. The first-order valence-electron chi connectivity index (χ1n) is 11.6. The average Bonchev–Trinajstić information content (AvgIpc) is 2.91. The van der Waals surface area contributed by atoms with Gasteiger partial charge in [-0.1, -0.05) is 31.5 Å². The minimum Gasteiger partial charge on any atom is -0.324 e. The van der Waals surface area contributed by atoms with Crippen molar-refractivity contribution in [2.75, 3.05) is 29.9 Å². The molecule has 0 spiro atoms. The Balaban J connectivity index is 1.66. The van der Waals surface area contributed by atoms with E-state index >= 15 is 0 Å². The number of piperidine rings is 1. The molecule has 1 atom stereocenters. The monoisotopic (exact) mass is 501 g/mol. The fraction of sp³-hybridized carbons (Fsp3) is 0.440. The molecule has 1 saturated heterocycles. The van der Waals surface area contributed by atoms with Gasteiger partial charge in [0.1, 0.15) is 6.54 Å². The van der Waals surface area contributed by atoms with E-state index in [1.807, 2.05) is 39.0 Å². The highest BCUT2D eigenvalue weighted by Gasteiger charge is 2.32. The van der Waals surface area contributed by atoms with Crippen LogP contribution in [0.5, 0.6) is 0 Å². The number of fused-ring (bicyclic) bond motifs is 1. The van der Waals surface area contributed by atoms with Gasteiger partial charge < -0.3 is 10.2 Å². The second kappa shape index (κ2) is 10.1. The first kappa shape index (κ1) is 24.8. The van der Waals surface area contributed by atoms with Crippen molar-refractivity contribution >= 4 is 45.0 Å². The Bertz CT molecular complexity index is 1190. The third-order valence-corrected chi connectivity index (χ3v) is 9.38. The zero-order chi connectivity index (χ0) is 24.5. The number of nitrogens with one attached hydrogen (secondary N) is 1. The molecule has 2 aliphatic rings. The molecule has 2 amide bonds. The van der Waals surface area contributed by atoms with E-state index in [2.05, 4.69) is 5.32 Å². The van der Waals surface area contributed by atoms with Crippen molar-refractivity contribution in [2.24, 2.45) is 0 Å². The number of nitrogens with zero attached hydrogens (tertiary/aromatic N) is 2. The van der Waals surface area contributed by atoms with Crippen LogP contribution >= 0.6 is 11.8 Å². The molecule has 0 bridgehead atoms. The molecule has 1 N–H and O–H groups in total. The maximum Gasteiger partial charge on any atom is 0.244 e. The molecule has 0 aliphatic carbocycles. The molecular formula is C25H31N3O4S2. The number of benzene rings is 2.